The number of anilines is 1. The largest absolute Gasteiger partial charge is 0.369 e. The summed E-state index contributed by atoms with van der Waals surface area (Å²) in [6.07, 6.45) is 6.24. The molecule has 9 nitrogen and oxygen atoms in total. The van der Waals surface area contributed by atoms with Crippen LogP contribution in [-0.2, 0) is 43.1 Å². The highest BCUT2D eigenvalue weighted by atomic mass is 19.1. The minimum atomic E-state index is -1.24. The Kier molecular flexibility index (Phi) is 9.84. The van der Waals surface area contributed by atoms with Crippen molar-refractivity contribution in [2.75, 3.05) is 18.0 Å². The van der Waals surface area contributed by atoms with Crippen LogP contribution in [0.4, 0.5) is 10.1 Å². The molecule has 2 amide bonds. The van der Waals surface area contributed by atoms with Crippen LogP contribution < -0.4 is 16.4 Å². The molecule has 2 heterocycles. The van der Waals surface area contributed by atoms with Gasteiger partial charge in [0.2, 0.25) is 11.8 Å². The summed E-state index contributed by atoms with van der Waals surface area (Å²) in [5.41, 5.74) is 12.6. The molecule has 2 saturated heterocycles. The Morgan fingerprint density at radius 2 is 1.11 bits per heavy atom. The molecular formula is C44H54FN5O4. The van der Waals surface area contributed by atoms with Crippen molar-refractivity contribution in [3.63, 3.8) is 0 Å². The van der Waals surface area contributed by atoms with Crippen molar-refractivity contribution in [3.8, 4) is 0 Å². The molecule has 0 radical (unpaired) electrons. The minimum absolute atomic E-state index is 0.369. The minimum Gasteiger partial charge on any atom is -0.369 e. The van der Waals surface area contributed by atoms with Crippen molar-refractivity contribution in [3.05, 3.63) is 101 Å². The number of rotatable bonds is 13. The highest BCUT2D eigenvalue weighted by Crippen LogP contribution is 2.59. The van der Waals surface area contributed by atoms with E-state index < -0.39 is 57.9 Å². The zero-order chi connectivity index (χ0) is 38.6. The van der Waals surface area contributed by atoms with Gasteiger partial charge in [-0.05, 0) is 97.9 Å². The van der Waals surface area contributed by atoms with E-state index in [9.17, 15) is 23.6 Å². The first kappa shape index (κ1) is 37.9. The molecular weight excluding hydrogens is 682 g/mol. The Hall–Kier alpha value is -4.41. The molecule has 3 aromatic rings. The van der Waals surface area contributed by atoms with Crippen molar-refractivity contribution in [2.45, 2.75) is 102 Å². The van der Waals surface area contributed by atoms with Gasteiger partial charge in [0.25, 0.3) is 0 Å². The summed E-state index contributed by atoms with van der Waals surface area (Å²) < 4.78 is 14.7. The highest BCUT2D eigenvalue weighted by molar-refractivity contribution is 5.82. The molecule has 10 heteroatoms. The van der Waals surface area contributed by atoms with Crippen LogP contribution in [0.25, 0.3) is 0 Å². The maximum atomic E-state index is 14.7. The molecule has 0 aromatic heterocycles. The second-order valence-corrected chi connectivity index (χ2v) is 16.3. The summed E-state index contributed by atoms with van der Waals surface area (Å²) >= 11 is 0. The third kappa shape index (κ3) is 5.15. The molecule has 3 aromatic carbocycles. The molecule has 0 spiro atoms. The van der Waals surface area contributed by atoms with Crippen molar-refractivity contribution in [1.82, 2.24) is 9.80 Å². The van der Waals surface area contributed by atoms with Crippen LogP contribution in [0.15, 0.2) is 72.8 Å². The molecule has 6 aliphatic rings. The molecule has 6 unspecified atom stereocenters. The lowest BCUT2D eigenvalue weighted by molar-refractivity contribution is -0.149. The smallest absolute Gasteiger partial charge is 0.220 e. The number of aldehydes is 2. The van der Waals surface area contributed by atoms with E-state index in [2.05, 4.69) is 39.0 Å². The number of carbonyl (C=O) groups excluding carboxylic acids is 4. The third-order valence-corrected chi connectivity index (χ3v) is 14.6. The van der Waals surface area contributed by atoms with Gasteiger partial charge in [-0.3, -0.25) is 19.4 Å². The molecule has 4 aliphatic carbocycles. The van der Waals surface area contributed by atoms with Crippen molar-refractivity contribution >= 4 is 30.1 Å². The lowest BCUT2D eigenvalue weighted by Gasteiger charge is -2.59. The normalized spacial score (nSPS) is 31.8. The predicted octanol–water partition coefficient (Wildman–Crippen LogP) is 5.81. The van der Waals surface area contributed by atoms with E-state index >= 15 is 0 Å². The zero-order valence-corrected chi connectivity index (χ0v) is 32.0. The second kappa shape index (κ2) is 14.0. The topological polar surface area (TPSA) is 130 Å². The highest BCUT2D eigenvalue weighted by Gasteiger charge is 2.65. The first-order valence-corrected chi connectivity index (χ1v) is 19.7. The van der Waals surface area contributed by atoms with E-state index in [0.29, 0.717) is 51.6 Å². The molecule has 0 saturated carbocycles. The average Bonchev–Trinajstić information content (AvgIpc) is 3.75. The summed E-state index contributed by atoms with van der Waals surface area (Å²) in [4.78, 5) is 62.0. The van der Waals surface area contributed by atoms with Gasteiger partial charge in [0.15, 0.2) is 0 Å². The number of fused-ring (bicyclic) bond motifs is 8. The summed E-state index contributed by atoms with van der Waals surface area (Å²) in [5.74, 6) is -2.57. The van der Waals surface area contributed by atoms with Gasteiger partial charge in [-0.15, -0.1) is 0 Å². The second-order valence-electron chi connectivity index (χ2n) is 16.3. The number of carbonyl (C=O) groups is 4. The fourth-order valence-electron chi connectivity index (χ4n) is 11.7. The molecule has 54 heavy (non-hydrogen) atoms. The zero-order valence-electron chi connectivity index (χ0n) is 32.0. The van der Waals surface area contributed by atoms with E-state index in [1.165, 1.54) is 12.1 Å². The van der Waals surface area contributed by atoms with Gasteiger partial charge in [-0.2, -0.15) is 0 Å². The number of nitrogens with zero attached hydrogens (tertiary/aromatic N) is 3. The number of amides is 2. The van der Waals surface area contributed by atoms with Gasteiger partial charge in [0.1, 0.15) is 29.5 Å². The first-order valence-electron chi connectivity index (χ1n) is 19.7. The van der Waals surface area contributed by atoms with Crippen molar-refractivity contribution < 1.29 is 23.6 Å². The molecule has 2 aliphatic heterocycles. The molecule has 4 bridgehead atoms. The lowest BCUT2D eigenvalue weighted by atomic mass is 9.56. The number of hydrogen-bond donors (Lipinski definition) is 2. The number of primary amides is 2. The van der Waals surface area contributed by atoms with Gasteiger partial charge >= 0.3 is 0 Å². The van der Waals surface area contributed by atoms with Gasteiger partial charge in [-0.1, -0.05) is 76.2 Å². The average molecular weight is 736 g/mol. The van der Waals surface area contributed by atoms with Gasteiger partial charge < -0.3 is 26.0 Å². The van der Waals surface area contributed by atoms with Crippen LogP contribution in [-0.4, -0.2) is 59.6 Å². The monoisotopic (exact) mass is 735 g/mol. The van der Waals surface area contributed by atoms with Crippen molar-refractivity contribution in [1.29, 1.82) is 0 Å². The Morgan fingerprint density at radius 1 is 0.722 bits per heavy atom. The number of nitrogens with two attached hydrogens (primary N) is 2. The molecule has 8 atom stereocenters. The van der Waals surface area contributed by atoms with E-state index in [0.717, 1.165) is 53.4 Å². The van der Waals surface area contributed by atoms with Gasteiger partial charge in [0, 0.05) is 41.4 Å². The number of halogens is 1. The van der Waals surface area contributed by atoms with E-state index in [4.69, 9.17) is 11.5 Å². The van der Waals surface area contributed by atoms with Crippen molar-refractivity contribution in [2.24, 2.45) is 34.1 Å². The van der Waals surface area contributed by atoms with Gasteiger partial charge in [0.05, 0.1) is 12.3 Å². The maximum Gasteiger partial charge on any atom is 0.220 e. The summed E-state index contributed by atoms with van der Waals surface area (Å²) in [5, 5.41) is 0. The van der Waals surface area contributed by atoms with E-state index in [1.54, 1.807) is 12.1 Å². The fraction of sp³-hybridized carbons (Fsp3) is 0.500. The summed E-state index contributed by atoms with van der Waals surface area (Å²) in [7, 11) is 0. The Labute approximate surface area is 318 Å². The predicted molar refractivity (Wildman–Crippen MR) is 206 cm³/mol. The number of hydrogen-bond acceptors (Lipinski definition) is 7. The standard InChI is InChI=1S/C44H54FN5O4/c1-5-41(29(3)39(46)53)25-31-11-15-33(16-12-31)43(41,27-51)48-23-7-9-37(48)50(36-21-19-35(45)20-22-36)38-10-8-24-49(38)44(28-52)34-17-13-32(14-18-34)26-42(44,6-2)30(4)40(47)54/h11-22,27-30,37-38H,5-10,23-26H2,1-4H3,(H2,46,53)(H2,47,54)/t29?,30?,37?,38?,41?,42?,43-,44-/m1/s1. The summed E-state index contributed by atoms with van der Waals surface area (Å²) in [6, 6.07) is 22.8. The summed E-state index contributed by atoms with van der Waals surface area (Å²) in [6.45, 7) is 8.93. The number of likely N-dealkylation sites (tertiary alicyclic amines) is 2. The SMILES string of the molecule is CCC1(C(C)C(N)=O)Cc2ccc(cc2)[C@@]1(C=O)N1CCCC1N(c1ccc(F)cc1)C1CCCN1[C@]1(C=O)c2ccc(cc2)CC1(CC)C(C)C(N)=O. The maximum absolute atomic E-state index is 14.7. The van der Waals surface area contributed by atoms with Crippen LogP contribution in [0.3, 0.4) is 0 Å². The van der Waals surface area contributed by atoms with Crippen LogP contribution in [0.1, 0.15) is 88.5 Å². The Balaban J connectivity index is 1.46. The lowest BCUT2D eigenvalue weighted by Crippen LogP contribution is -2.70. The van der Waals surface area contributed by atoms with Crippen LogP contribution in [0.5, 0.6) is 0 Å². The molecule has 4 N–H and O–H groups in total. The molecule has 9 rings (SSSR count). The number of benzene rings is 3. The van der Waals surface area contributed by atoms with E-state index in [1.807, 2.05) is 52.0 Å². The van der Waals surface area contributed by atoms with Crippen LogP contribution in [0, 0.1) is 28.5 Å². The first-order chi connectivity index (χ1) is 25.9. The Morgan fingerprint density at radius 3 is 1.44 bits per heavy atom. The quantitative estimate of drug-likeness (QED) is 0.212. The van der Waals surface area contributed by atoms with E-state index in [-0.39, 0.29) is 5.82 Å². The Bertz CT molecular complexity index is 1790. The third-order valence-electron chi connectivity index (χ3n) is 14.6. The van der Waals surface area contributed by atoms with Crippen LogP contribution in [0.2, 0.25) is 0 Å². The van der Waals surface area contributed by atoms with Gasteiger partial charge in [-0.25, -0.2) is 4.39 Å². The molecule has 286 valence electrons. The van der Waals surface area contributed by atoms with Crippen LogP contribution >= 0.6 is 0 Å². The molecule has 2 fully saturated rings. The fourth-order valence-corrected chi connectivity index (χ4v) is 11.7.